The lowest BCUT2D eigenvalue weighted by Crippen LogP contribution is -2.15. The molecule has 0 saturated carbocycles. The van der Waals surface area contributed by atoms with E-state index >= 15 is 0 Å². The Morgan fingerprint density at radius 2 is 0.962 bits per heavy atom. The van der Waals surface area contributed by atoms with Crippen molar-refractivity contribution in [3.63, 3.8) is 0 Å². The molecule has 5 nitrogen and oxygen atoms in total. The van der Waals surface area contributed by atoms with Crippen LogP contribution in [0.2, 0.25) is 0 Å². The third kappa shape index (κ3) is 4.47. The van der Waals surface area contributed by atoms with E-state index < -0.39 is 0 Å². The lowest BCUT2D eigenvalue weighted by Gasteiger charge is -2.22. The van der Waals surface area contributed by atoms with E-state index in [9.17, 15) is 0 Å². The van der Waals surface area contributed by atoms with Crippen molar-refractivity contribution in [3.8, 4) is 56.4 Å². The standard InChI is InChI=1S/C48H31N3O2/c1-48(2)37-25-23-31(27-36(37)32-24-26-41-43(44(32)48)34-14-7-9-17-39(34)53-41)46-49-45(30-21-19-29(20-22-30)28-11-4-3-5-12-28)50-47(51-46)35-15-10-18-40-42(35)33-13-6-8-16-38(33)52-40/h3-27H,1-2H3. The number of rotatable bonds is 4. The molecular weight excluding hydrogens is 651 g/mol. The van der Waals surface area contributed by atoms with Crippen molar-refractivity contribution in [2.24, 2.45) is 0 Å². The van der Waals surface area contributed by atoms with Crippen LogP contribution in [0, 0.1) is 0 Å². The van der Waals surface area contributed by atoms with Gasteiger partial charge in [-0.05, 0) is 63.7 Å². The van der Waals surface area contributed by atoms with Gasteiger partial charge in [0.2, 0.25) is 0 Å². The third-order valence-corrected chi connectivity index (χ3v) is 10.9. The molecule has 0 N–H and O–H groups in total. The van der Waals surface area contributed by atoms with E-state index in [1.807, 2.05) is 48.5 Å². The van der Waals surface area contributed by atoms with Crippen LogP contribution in [-0.4, -0.2) is 15.0 Å². The minimum atomic E-state index is -0.233. The first-order chi connectivity index (χ1) is 26.0. The molecule has 0 unspecified atom stereocenters. The van der Waals surface area contributed by atoms with Crippen LogP contribution in [0.25, 0.3) is 100 Å². The summed E-state index contributed by atoms with van der Waals surface area (Å²) < 4.78 is 12.6. The zero-order valence-corrected chi connectivity index (χ0v) is 29.1. The summed E-state index contributed by atoms with van der Waals surface area (Å²) in [6, 6.07) is 52.4. The Labute approximate surface area is 305 Å². The molecule has 53 heavy (non-hydrogen) atoms. The summed E-state index contributed by atoms with van der Waals surface area (Å²) in [6.07, 6.45) is 0. The molecule has 10 aromatic rings. The zero-order chi connectivity index (χ0) is 35.3. The normalized spacial score (nSPS) is 13.2. The molecule has 11 rings (SSSR count). The van der Waals surface area contributed by atoms with Crippen LogP contribution in [0.4, 0.5) is 0 Å². The molecule has 0 radical (unpaired) electrons. The summed E-state index contributed by atoms with van der Waals surface area (Å²) in [7, 11) is 0. The summed E-state index contributed by atoms with van der Waals surface area (Å²) in [4.78, 5) is 15.5. The van der Waals surface area contributed by atoms with Crippen molar-refractivity contribution in [2.75, 3.05) is 0 Å². The summed E-state index contributed by atoms with van der Waals surface area (Å²) >= 11 is 0. The first-order valence-electron chi connectivity index (χ1n) is 17.9. The molecular formula is C48H31N3O2. The Hall–Kier alpha value is -6.85. The van der Waals surface area contributed by atoms with Gasteiger partial charge in [-0.1, -0.05) is 135 Å². The molecule has 0 fully saturated rings. The third-order valence-electron chi connectivity index (χ3n) is 10.9. The van der Waals surface area contributed by atoms with Crippen LogP contribution < -0.4 is 0 Å². The highest BCUT2D eigenvalue weighted by atomic mass is 16.3. The number of furan rings is 2. The van der Waals surface area contributed by atoms with Gasteiger partial charge in [0, 0.05) is 43.7 Å². The fraction of sp³-hybridized carbons (Fsp3) is 0.0625. The summed E-state index contributed by atoms with van der Waals surface area (Å²) in [5.41, 5.74) is 13.2. The minimum absolute atomic E-state index is 0.233. The number of fused-ring (bicyclic) bond motifs is 10. The molecule has 1 aliphatic carbocycles. The summed E-state index contributed by atoms with van der Waals surface area (Å²) in [5.74, 6) is 1.83. The number of hydrogen-bond acceptors (Lipinski definition) is 5. The van der Waals surface area contributed by atoms with Crippen LogP contribution in [0.15, 0.2) is 160 Å². The van der Waals surface area contributed by atoms with Crippen molar-refractivity contribution < 1.29 is 8.83 Å². The molecule has 0 amide bonds. The number of nitrogens with zero attached hydrogens (tertiary/aromatic N) is 3. The zero-order valence-electron chi connectivity index (χ0n) is 29.1. The SMILES string of the molecule is CC1(C)c2ccc(-c3nc(-c4ccc(-c5ccccc5)cc4)nc(-c4cccc5oc6ccccc6c45)n3)cc2-c2ccc3oc4ccccc4c3c21. The van der Waals surface area contributed by atoms with Crippen LogP contribution in [0.1, 0.15) is 25.0 Å². The Balaban J connectivity index is 1.12. The monoisotopic (exact) mass is 681 g/mol. The van der Waals surface area contributed by atoms with Crippen LogP contribution in [0.5, 0.6) is 0 Å². The second-order valence-corrected chi connectivity index (χ2v) is 14.4. The van der Waals surface area contributed by atoms with Gasteiger partial charge in [-0.2, -0.15) is 0 Å². The second-order valence-electron chi connectivity index (χ2n) is 14.4. The average molecular weight is 682 g/mol. The van der Waals surface area contributed by atoms with Gasteiger partial charge in [-0.25, -0.2) is 15.0 Å². The summed E-state index contributed by atoms with van der Waals surface area (Å²) in [6.45, 7) is 4.62. The van der Waals surface area contributed by atoms with E-state index in [0.29, 0.717) is 17.5 Å². The first-order valence-corrected chi connectivity index (χ1v) is 17.9. The summed E-state index contributed by atoms with van der Waals surface area (Å²) in [5, 5.41) is 4.35. The highest BCUT2D eigenvalue weighted by molar-refractivity contribution is 6.12. The van der Waals surface area contributed by atoms with Gasteiger partial charge in [0.05, 0.1) is 0 Å². The molecule has 0 spiro atoms. The largest absolute Gasteiger partial charge is 0.456 e. The van der Waals surface area contributed by atoms with E-state index in [1.165, 1.54) is 27.6 Å². The molecule has 7 aromatic carbocycles. The van der Waals surface area contributed by atoms with Gasteiger partial charge in [0.15, 0.2) is 17.5 Å². The van der Waals surface area contributed by atoms with E-state index in [1.54, 1.807) is 0 Å². The maximum absolute atomic E-state index is 6.32. The van der Waals surface area contributed by atoms with Gasteiger partial charge >= 0.3 is 0 Å². The predicted octanol–water partition coefficient (Wildman–Crippen LogP) is 12.6. The highest BCUT2D eigenvalue weighted by Crippen LogP contribution is 2.53. The Kier molecular flexibility index (Phi) is 6.23. The van der Waals surface area contributed by atoms with Gasteiger partial charge in [0.1, 0.15) is 22.3 Å². The van der Waals surface area contributed by atoms with Crippen LogP contribution >= 0.6 is 0 Å². The molecule has 0 aliphatic heterocycles. The van der Waals surface area contributed by atoms with Crippen molar-refractivity contribution in [2.45, 2.75) is 19.3 Å². The fourth-order valence-electron chi connectivity index (χ4n) is 8.43. The van der Waals surface area contributed by atoms with Crippen molar-refractivity contribution in [1.82, 2.24) is 15.0 Å². The van der Waals surface area contributed by atoms with Crippen LogP contribution in [0.3, 0.4) is 0 Å². The van der Waals surface area contributed by atoms with Gasteiger partial charge in [-0.3, -0.25) is 0 Å². The Morgan fingerprint density at radius 3 is 1.72 bits per heavy atom. The maximum atomic E-state index is 6.32. The van der Waals surface area contributed by atoms with E-state index in [2.05, 4.69) is 117 Å². The average Bonchev–Trinajstić information content (AvgIpc) is 3.85. The molecule has 3 aromatic heterocycles. The molecule has 0 atom stereocenters. The van der Waals surface area contributed by atoms with Crippen LogP contribution in [-0.2, 0) is 5.41 Å². The number of benzene rings is 7. The highest BCUT2D eigenvalue weighted by Gasteiger charge is 2.38. The van der Waals surface area contributed by atoms with Gasteiger partial charge in [0.25, 0.3) is 0 Å². The van der Waals surface area contributed by atoms with Crippen molar-refractivity contribution in [3.05, 3.63) is 163 Å². The molecule has 1 aliphatic rings. The maximum Gasteiger partial charge on any atom is 0.164 e. The van der Waals surface area contributed by atoms with Crippen molar-refractivity contribution >= 4 is 43.9 Å². The fourth-order valence-corrected chi connectivity index (χ4v) is 8.43. The molecule has 5 heteroatoms. The molecule has 3 heterocycles. The number of hydrogen-bond donors (Lipinski definition) is 0. The van der Waals surface area contributed by atoms with E-state index in [4.69, 9.17) is 23.8 Å². The topological polar surface area (TPSA) is 65.0 Å². The lowest BCUT2D eigenvalue weighted by atomic mass is 9.80. The van der Waals surface area contributed by atoms with E-state index in [0.717, 1.165) is 66.3 Å². The van der Waals surface area contributed by atoms with Crippen molar-refractivity contribution in [1.29, 1.82) is 0 Å². The number of aromatic nitrogens is 3. The Morgan fingerprint density at radius 1 is 0.396 bits per heavy atom. The predicted molar refractivity (Wildman–Crippen MR) is 214 cm³/mol. The smallest absolute Gasteiger partial charge is 0.164 e. The second kappa shape index (κ2) is 11.1. The van der Waals surface area contributed by atoms with E-state index in [-0.39, 0.29) is 5.41 Å². The Bertz CT molecular complexity index is 3080. The quantitative estimate of drug-likeness (QED) is 0.185. The lowest BCUT2D eigenvalue weighted by molar-refractivity contribution is 0.657. The first kappa shape index (κ1) is 29.8. The molecule has 0 saturated heterocycles. The number of para-hydroxylation sites is 2. The minimum Gasteiger partial charge on any atom is -0.456 e. The molecule has 250 valence electrons. The van der Waals surface area contributed by atoms with Gasteiger partial charge in [-0.15, -0.1) is 0 Å². The molecule has 0 bridgehead atoms. The van der Waals surface area contributed by atoms with Gasteiger partial charge < -0.3 is 8.83 Å².